The van der Waals surface area contributed by atoms with E-state index < -0.39 is 9.84 Å². The molecule has 0 spiro atoms. The van der Waals surface area contributed by atoms with Crippen molar-refractivity contribution >= 4 is 15.5 Å². The molecule has 6 heteroatoms. The summed E-state index contributed by atoms with van der Waals surface area (Å²) < 4.78 is 28.2. The Morgan fingerprint density at radius 3 is 2.45 bits per heavy atom. The summed E-state index contributed by atoms with van der Waals surface area (Å²) in [7, 11) is -3.26. The van der Waals surface area contributed by atoms with Crippen LogP contribution in [0.2, 0.25) is 0 Å². The third-order valence-electron chi connectivity index (χ3n) is 3.05. The minimum absolute atomic E-state index is 0.0540. The Balaban J connectivity index is 2.16. The first kappa shape index (κ1) is 14.6. The van der Waals surface area contributed by atoms with E-state index in [1.165, 1.54) is 12.3 Å². The maximum Gasteiger partial charge on any atom is 0.192 e. The highest BCUT2D eigenvalue weighted by molar-refractivity contribution is 7.90. The predicted molar refractivity (Wildman–Crippen MR) is 77.6 cm³/mol. The molecule has 0 saturated heterocycles. The minimum Gasteiger partial charge on any atom is -0.466 e. The number of pyridine rings is 1. The van der Waals surface area contributed by atoms with E-state index in [-0.39, 0.29) is 11.1 Å². The first-order valence-corrected chi connectivity index (χ1v) is 8.16. The van der Waals surface area contributed by atoms with E-state index in [0.29, 0.717) is 0 Å². The number of rotatable bonds is 4. The van der Waals surface area contributed by atoms with Crippen molar-refractivity contribution in [3.63, 3.8) is 0 Å². The molecule has 0 aromatic carbocycles. The highest BCUT2D eigenvalue weighted by atomic mass is 32.2. The monoisotopic (exact) mass is 294 g/mol. The van der Waals surface area contributed by atoms with Gasteiger partial charge >= 0.3 is 0 Å². The lowest BCUT2D eigenvalue weighted by Crippen LogP contribution is -2.08. The number of hydrogen-bond donors (Lipinski definition) is 1. The van der Waals surface area contributed by atoms with Gasteiger partial charge in [0, 0.05) is 11.8 Å². The SMILES string of the molecule is Cc1cc(C(C)Nc2ccc(S(C)(=O)=O)nc2)c(C)o1. The summed E-state index contributed by atoms with van der Waals surface area (Å²) in [4.78, 5) is 3.95. The number of nitrogens with one attached hydrogen (secondary N) is 1. The summed E-state index contributed by atoms with van der Waals surface area (Å²) in [5.74, 6) is 1.75. The van der Waals surface area contributed by atoms with E-state index in [2.05, 4.69) is 10.3 Å². The van der Waals surface area contributed by atoms with E-state index in [9.17, 15) is 8.42 Å². The first-order valence-electron chi connectivity index (χ1n) is 6.27. The van der Waals surface area contributed by atoms with Crippen molar-refractivity contribution in [2.24, 2.45) is 0 Å². The van der Waals surface area contributed by atoms with Crippen LogP contribution in [0.5, 0.6) is 0 Å². The van der Waals surface area contributed by atoms with Crippen LogP contribution >= 0.6 is 0 Å². The standard InChI is InChI=1S/C14H18N2O3S/c1-9-7-13(11(3)19-9)10(2)16-12-5-6-14(15-8-12)20(4,17)18/h5-8,10,16H,1-4H3. The Labute approximate surface area is 119 Å². The molecule has 2 aromatic heterocycles. The molecule has 0 bridgehead atoms. The molecule has 1 N–H and O–H groups in total. The second-order valence-electron chi connectivity index (χ2n) is 4.89. The van der Waals surface area contributed by atoms with Crippen LogP contribution in [0.15, 0.2) is 33.8 Å². The van der Waals surface area contributed by atoms with Crippen molar-refractivity contribution in [2.75, 3.05) is 11.6 Å². The van der Waals surface area contributed by atoms with Gasteiger partial charge in [0.25, 0.3) is 0 Å². The maximum atomic E-state index is 11.3. The fourth-order valence-corrected chi connectivity index (χ4v) is 2.65. The summed E-state index contributed by atoms with van der Waals surface area (Å²) in [6.07, 6.45) is 2.66. The zero-order valence-corrected chi connectivity index (χ0v) is 12.8. The van der Waals surface area contributed by atoms with Crippen molar-refractivity contribution in [1.82, 2.24) is 4.98 Å². The molecule has 0 saturated carbocycles. The van der Waals surface area contributed by atoms with Gasteiger partial charge in [-0.15, -0.1) is 0 Å². The molecule has 108 valence electrons. The lowest BCUT2D eigenvalue weighted by Gasteiger charge is -2.14. The van der Waals surface area contributed by atoms with Gasteiger partial charge in [-0.1, -0.05) is 0 Å². The van der Waals surface area contributed by atoms with Crippen LogP contribution in [0.1, 0.15) is 30.0 Å². The first-order chi connectivity index (χ1) is 9.27. The number of furan rings is 1. The van der Waals surface area contributed by atoms with Crippen molar-refractivity contribution in [3.05, 3.63) is 41.5 Å². The summed E-state index contributed by atoms with van der Waals surface area (Å²) in [6, 6.07) is 5.25. The van der Waals surface area contributed by atoms with Crippen molar-refractivity contribution in [1.29, 1.82) is 0 Å². The van der Waals surface area contributed by atoms with Crippen LogP contribution in [0.25, 0.3) is 0 Å². The van der Waals surface area contributed by atoms with Crippen LogP contribution in [0.3, 0.4) is 0 Å². The van der Waals surface area contributed by atoms with E-state index in [1.807, 2.05) is 26.8 Å². The fraction of sp³-hybridized carbons (Fsp3) is 0.357. The summed E-state index contributed by atoms with van der Waals surface area (Å²) in [5, 5.41) is 3.35. The Bertz CT molecular complexity index is 703. The van der Waals surface area contributed by atoms with Crippen LogP contribution in [0.4, 0.5) is 5.69 Å². The zero-order valence-electron chi connectivity index (χ0n) is 12.0. The third kappa shape index (κ3) is 3.19. The number of anilines is 1. The molecule has 0 aliphatic rings. The summed E-state index contributed by atoms with van der Waals surface area (Å²) >= 11 is 0. The lowest BCUT2D eigenvalue weighted by molar-refractivity contribution is 0.500. The van der Waals surface area contributed by atoms with Gasteiger partial charge in [-0.05, 0) is 39.0 Å². The third-order valence-corrected chi connectivity index (χ3v) is 4.05. The molecule has 2 rings (SSSR count). The molecular weight excluding hydrogens is 276 g/mol. The average molecular weight is 294 g/mol. The number of sulfone groups is 1. The molecule has 0 aliphatic heterocycles. The van der Waals surface area contributed by atoms with Crippen LogP contribution < -0.4 is 5.32 Å². The predicted octanol–water partition coefficient (Wildman–Crippen LogP) is 2.87. The number of aryl methyl sites for hydroxylation is 2. The van der Waals surface area contributed by atoms with E-state index in [1.54, 1.807) is 6.07 Å². The average Bonchev–Trinajstić information content (AvgIpc) is 2.68. The molecule has 2 heterocycles. The van der Waals surface area contributed by atoms with Gasteiger partial charge in [-0.2, -0.15) is 0 Å². The largest absolute Gasteiger partial charge is 0.466 e. The number of aromatic nitrogens is 1. The Morgan fingerprint density at radius 1 is 1.30 bits per heavy atom. The molecule has 1 atom stereocenters. The number of nitrogens with zero attached hydrogens (tertiary/aromatic N) is 1. The molecular formula is C14H18N2O3S. The fourth-order valence-electron chi connectivity index (χ4n) is 2.09. The van der Waals surface area contributed by atoms with Crippen LogP contribution in [-0.4, -0.2) is 19.7 Å². The molecule has 0 radical (unpaired) electrons. The van der Waals surface area contributed by atoms with Gasteiger partial charge in [0.2, 0.25) is 0 Å². The van der Waals surface area contributed by atoms with E-state index >= 15 is 0 Å². The normalized spacial score (nSPS) is 13.2. The summed E-state index contributed by atoms with van der Waals surface area (Å²) in [6.45, 7) is 5.85. The van der Waals surface area contributed by atoms with Crippen LogP contribution in [0, 0.1) is 13.8 Å². The Kier molecular flexibility index (Phi) is 3.85. The smallest absolute Gasteiger partial charge is 0.192 e. The second-order valence-corrected chi connectivity index (χ2v) is 6.85. The molecule has 2 aromatic rings. The van der Waals surface area contributed by atoms with Crippen LogP contribution in [-0.2, 0) is 9.84 Å². The Morgan fingerprint density at radius 2 is 2.00 bits per heavy atom. The molecule has 20 heavy (non-hydrogen) atoms. The molecule has 0 aliphatic carbocycles. The van der Waals surface area contributed by atoms with Gasteiger partial charge in [0.15, 0.2) is 14.9 Å². The minimum atomic E-state index is -3.26. The quantitative estimate of drug-likeness (QED) is 0.938. The second kappa shape index (κ2) is 5.28. The van der Waals surface area contributed by atoms with Gasteiger partial charge in [-0.3, -0.25) is 0 Å². The lowest BCUT2D eigenvalue weighted by atomic mass is 10.1. The molecule has 1 unspecified atom stereocenters. The van der Waals surface area contributed by atoms with Gasteiger partial charge in [-0.25, -0.2) is 13.4 Å². The highest BCUT2D eigenvalue weighted by Gasteiger charge is 2.13. The zero-order chi connectivity index (χ0) is 14.9. The Hall–Kier alpha value is -1.82. The summed E-state index contributed by atoms with van der Waals surface area (Å²) in [5.41, 5.74) is 1.85. The molecule has 5 nitrogen and oxygen atoms in total. The van der Waals surface area contributed by atoms with E-state index in [4.69, 9.17) is 4.42 Å². The van der Waals surface area contributed by atoms with Crippen molar-refractivity contribution < 1.29 is 12.8 Å². The van der Waals surface area contributed by atoms with Gasteiger partial charge < -0.3 is 9.73 Å². The maximum absolute atomic E-state index is 11.3. The van der Waals surface area contributed by atoms with Gasteiger partial charge in [0.1, 0.15) is 11.5 Å². The van der Waals surface area contributed by atoms with Crippen molar-refractivity contribution in [2.45, 2.75) is 31.8 Å². The number of hydrogen-bond acceptors (Lipinski definition) is 5. The highest BCUT2D eigenvalue weighted by Crippen LogP contribution is 2.24. The molecule has 0 amide bonds. The molecule has 0 fully saturated rings. The topological polar surface area (TPSA) is 72.2 Å². The van der Waals surface area contributed by atoms with Gasteiger partial charge in [0.05, 0.1) is 17.9 Å². The van der Waals surface area contributed by atoms with E-state index in [0.717, 1.165) is 29.0 Å². The van der Waals surface area contributed by atoms with Crippen molar-refractivity contribution in [3.8, 4) is 0 Å².